The molecule has 52 heavy (non-hydrogen) atoms. The van der Waals surface area contributed by atoms with E-state index in [9.17, 15) is 0 Å². The van der Waals surface area contributed by atoms with E-state index in [-0.39, 0.29) is 0 Å². The third kappa shape index (κ3) is 4.25. The highest BCUT2D eigenvalue weighted by atomic mass is 15.1. The molecule has 0 fully saturated rings. The molecule has 0 radical (unpaired) electrons. The fraction of sp³-hybridized carbons (Fsp3) is 0. The van der Waals surface area contributed by atoms with Gasteiger partial charge in [0.05, 0.1) is 16.7 Å². The van der Waals surface area contributed by atoms with Crippen molar-refractivity contribution in [2.45, 2.75) is 0 Å². The van der Waals surface area contributed by atoms with Gasteiger partial charge in [-0.3, -0.25) is 0 Å². The fourth-order valence-corrected chi connectivity index (χ4v) is 8.64. The first kappa shape index (κ1) is 28.9. The Labute approximate surface area is 302 Å². The standard InChI is InChI=1S/C50H32N2/c1-3-13-33(14-4-1)34-25-27-38(28-26-34)51(39-29-30-42-41-20-9-10-23-45(41)52(47(42)32-39)37-17-5-2-6-18-37)46-24-12-22-44-49(46)43-21-11-16-36-31-35-15-7-8-19-40(35)50(44)48(36)43/h1-32H. The maximum Gasteiger partial charge on any atom is 0.0561 e. The van der Waals surface area contributed by atoms with Crippen LogP contribution < -0.4 is 4.90 Å². The van der Waals surface area contributed by atoms with Crippen molar-refractivity contribution in [1.29, 1.82) is 0 Å². The number of nitrogens with zero attached hydrogens (tertiary/aromatic N) is 2. The Morgan fingerprint density at radius 1 is 0.365 bits per heavy atom. The van der Waals surface area contributed by atoms with Crippen molar-refractivity contribution in [1.82, 2.24) is 4.57 Å². The van der Waals surface area contributed by atoms with Gasteiger partial charge >= 0.3 is 0 Å². The lowest BCUT2D eigenvalue weighted by Crippen LogP contribution is -2.11. The first-order valence-electron chi connectivity index (χ1n) is 17.9. The van der Waals surface area contributed by atoms with Gasteiger partial charge in [0.15, 0.2) is 0 Å². The lowest BCUT2D eigenvalue weighted by molar-refractivity contribution is 1.18. The molecule has 2 heteroatoms. The molecule has 0 N–H and O–H groups in total. The highest BCUT2D eigenvalue weighted by Crippen LogP contribution is 2.55. The van der Waals surface area contributed by atoms with Crippen LogP contribution in [-0.2, 0) is 0 Å². The monoisotopic (exact) mass is 660 g/mol. The zero-order valence-electron chi connectivity index (χ0n) is 28.4. The third-order valence-corrected chi connectivity index (χ3v) is 10.9. The van der Waals surface area contributed by atoms with Gasteiger partial charge in [-0.2, -0.15) is 0 Å². The molecule has 1 heterocycles. The van der Waals surface area contributed by atoms with Crippen LogP contribution in [0.1, 0.15) is 0 Å². The first-order valence-corrected chi connectivity index (χ1v) is 17.9. The van der Waals surface area contributed by atoms with Crippen molar-refractivity contribution in [2.24, 2.45) is 0 Å². The summed E-state index contributed by atoms with van der Waals surface area (Å²) >= 11 is 0. The average molecular weight is 661 g/mol. The molecule has 0 spiro atoms. The molecule has 11 rings (SSSR count). The van der Waals surface area contributed by atoms with Gasteiger partial charge in [0.2, 0.25) is 0 Å². The summed E-state index contributed by atoms with van der Waals surface area (Å²) in [5.74, 6) is 0. The topological polar surface area (TPSA) is 8.17 Å². The molecule has 1 aliphatic rings. The zero-order valence-corrected chi connectivity index (χ0v) is 28.4. The summed E-state index contributed by atoms with van der Waals surface area (Å²) in [5, 5.41) is 7.67. The van der Waals surface area contributed by atoms with E-state index in [4.69, 9.17) is 0 Å². The van der Waals surface area contributed by atoms with Crippen molar-refractivity contribution in [3.8, 4) is 39.1 Å². The molecule has 0 bridgehead atoms. The molecule has 242 valence electrons. The minimum atomic E-state index is 1.11. The third-order valence-electron chi connectivity index (χ3n) is 10.9. The molecule has 1 aliphatic carbocycles. The van der Waals surface area contributed by atoms with Gasteiger partial charge in [-0.05, 0) is 104 Å². The van der Waals surface area contributed by atoms with Gasteiger partial charge in [-0.1, -0.05) is 140 Å². The van der Waals surface area contributed by atoms with Crippen LogP contribution in [0.15, 0.2) is 194 Å². The normalized spacial score (nSPS) is 11.8. The molecule has 0 aliphatic heterocycles. The summed E-state index contributed by atoms with van der Waals surface area (Å²) in [4.78, 5) is 2.47. The minimum absolute atomic E-state index is 1.11. The van der Waals surface area contributed by atoms with Gasteiger partial charge in [-0.15, -0.1) is 0 Å². The second-order valence-corrected chi connectivity index (χ2v) is 13.7. The Bertz CT molecular complexity index is 2990. The van der Waals surface area contributed by atoms with Crippen LogP contribution in [0, 0.1) is 0 Å². The molecular formula is C50H32N2. The van der Waals surface area contributed by atoms with Crippen LogP contribution in [0.2, 0.25) is 0 Å². The molecule has 0 unspecified atom stereocenters. The lowest BCUT2D eigenvalue weighted by atomic mass is 9.96. The molecule has 0 saturated heterocycles. The maximum atomic E-state index is 2.47. The van der Waals surface area contributed by atoms with Crippen LogP contribution >= 0.6 is 0 Å². The van der Waals surface area contributed by atoms with Crippen LogP contribution in [0.25, 0.3) is 82.4 Å². The van der Waals surface area contributed by atoms with Crippen LogP contribution in [-0.4, -0.2) is 4.57 Å². The average Bonchev–Trinajstić information content (AvgIpc) is 3.73. The Morgan fingerprint density at radius 2 is 1.00 bits per heavy atom. The number of anilines is 3. The highest BCUT2D eigenvalue weighted by molar-refractivity contribution is 6.25. The number of fused-ring (bicyclic) bond motifs is 8. The smallest absolute Gasteiger partial charge is 0.0561 e. The summed E-state index contributed by atoms with van der Waals surface area (Å²) in [7, 11) is 0. The maximum absolute atomic E-state index is 2.47. The van der Waals surface area contributed by atoms with Gasteiger partial charge in [0, 0.05) is 33.4 Å². The van der Waals surface area contributed by atoms with Gasteiger partial charge in [0.1, 0.15) is 0 Å². The van der Waals surface area contributed by atoms with E-state index < -0.39 is 0 Å². The SMILES string of the molecule is c1ccc(-c2ccc(N(c3ccc4c5ccccc5n(-c5ccccc5)c4c3)c3cccc4c3-c3cccc5cc6ccccc6c-4c35)cc2)cc1. The number of rotatable bonds is 5. The van der Waals surface area contributed by atoms with Gasteiger partial charge in [-0.25, -0.2) is 0 Å². The summed E-state index contributed by atoms with van der Waals surface area (Å²) in [6.07, 6.45) is 0. The van der Waals surface area contributed by atoms with Crippen molar-refractivity contribution in [3.05, 3.63) is 194 Å². The Morgan fingerprint density at radius 3 is 1.85 bits per heavy atom. The van der Waals surface area contributed by atoms with Crippen molar-refractivity contribution >= 4 is 60.4 Å². The molecular weight excluding hydrogens is 629 g/mol. The van der Waals surface area contributed by atoms with Crippen LogP contribution in [0.3, 0.4) is 0 Å². The number of aromatic nitrogens is 1. The molecule has 0 saturated carbocycles. The van der Waals surface area contributed by atoms with E-state index in [1.807, 2.05) is 0 Å². The van der Waals surface area contributed by atoms with E-state index in [2.05, 4.69) is 204 Å². The molecule has 10 aromatic rings. The zero-order chi connectivity index (χ0) is 34.2. The number of hydrogen-bond acceptors (Lipinski definition) is 1. The summed E-state index contributed by atoms with van der Waals surface area (Å²) in [6, 6.07) is 70.9. The second kappa shape index (κ2) is 11.3. The second-order valence-electron chi connectivity index (χ2n) is 13.7. The minimum Gasteiger partial charge on any atom is -0.310 e. The Hall–Kier alpha value is -6.90. The first-order chi connectivity index (χ1) is 25.8. The van der Waals surface area contributed by atoms with E-state index >= 15 is 0 Å². The van der Waals surface area contributed by atoms with Gasteiger partial charge in [0.25, 0.3) is 0 Å². The number of hydrogen-bond donors (Lipinski definition) is 0. The van der Waals surface area contributed by atoms with Gasteiger partial charge < -0.3 is 9.47 Å². The molecule has 1 aromatic heterocycles. The molecule has 2 nitrogen and oxygen atoms in total. The van der Waals surface area contributed by atoms with Crippen LogP contribution in [0.5, 0.6) is 0 Å². The molecule has 0 amide bonds. The fourth-order valence-electron chi connectivity index (χ4n) is 8.64. The largest absolute Gasteiger partial charge is 0.310 e. The number of benzene rings is 9. The van der Waals surface area contributed by atoms with Crippen molar-refractivity contribution in [3.63, 3.8) is 0 Å². The highest BCUT2D eigenvalue weighted by Gasteiger charge is 2.29. The van der Waals surface area contributed by atoms with Crippen LogP contribution in [0.4, 0.5) is 17.1 Å². The quantitative estimate of drug-likeness (QED) is 0.167. The van der Waals surface area contributed by atoms with Crippen molar-refractivity contribution < 1.29 is 0 Å². The van der Waals surface area contributed by atoms with E-state index in [0.717, 1.165) is 17.1 Å². The van der Waals surface area contributed by atoms with Crippen molar-refractivity contribution in [2.75, 3.05) is 4.90 Å². The number of para-hydroxylation sites is 2. The molecule has 0 atom stereocenters. The predicted molar refractivity (Wildman–Crippen MR) is 220 cm³/mol. The Balaban J connectivity index is 1.19. The summed E-state index contributed by atoms with van der Waals surface area (Å²) in [6.45, 7) is 0. The summed E-state index contributed by atoms with van der Waals surface area (Å²) in [5.41, 5.74) is 14.5. The van der Waals surface area contributed by atoms with E-state index in [1.54, 1.807) is 0 Å². The Kier molecular flexibility index (Phi) is 6.28. The predicted octanol–water partition coefficient (Wildman–Crippen LogP) is 13.9. The molecule has 9 aromatic carbocycles. The van der Waals surface area contributed by atoms with E-state index in [0.29, 0.717) is 0 Å². The lowest BCUT2D eigenvalue weighted by Gasteiger charge is -2.28. The summed E-state index contributed by atoms with van der Waals surface area (Å²) < 4.78 is 2.41. The van der Waals surface area contributed by atoms with E-state index in [1.165, 1.54) is 82.4 Å².